The molecule has 0 aliphatic carbocycles. The minimum atomic E-state index is -0.0206. The molecule has 1 heteroatoms. The molecule has 0 spiro atoms. The Bertz CT molecular complexity index is 305. The van der Waals surface area contributed by atoms with E-state index in [1.54, 1.807) is 6.07 Å². The van der Waals surface area contributed by atoms with Crippen molar-refractivity contribution in [1.82, 2.24) is 0 Å². The lowest BCUT2D eigenvalue weighted by Gasteiger charge is -2.18. The molecular formula is C14H21F. The van der Waals surface area contributed by atoms with Gasteiger partial charge in [0.15, 0.2) is 0 Å². The average molecular weight is 208 g/mol. The maximum absolute atomic E-state index is 13.9. The maximum atomic E-state index is 13.9. The Hall–Kier alpha value is -0.850. The Morgan fingerprint density at radius 3 is 2.33 bits per heavy atom. The SMILES string of the molecule is CCC[C@@H](CC)c1c(C)cc(C)cc1F. The Labute approximate surface area is 92.5 Å². The summed E-state index contributed by atoms with van der Waals surface area (Å²) in [5, 5.41) is 0. The number of halogens is 1. The van der Waals surface area contributed by atoms with Crippen LogP contribution in [0.25, 0.3) is 0 Å². The van der Waals surface area contributed by atoms with Crippen molar-refractivity contribution >= 4 is 0 Å². The molecular weight excluding hydrogens is 187 g/mol. The van der Waals surface area contributed by atoms with Crippen molar-refractivity contribution in [2.24, 2.45) is 0 Å². The zero-order chi connectivity index (χ0) is 11.4. The molecule has 0 saturated heterocycles. The molecule has 1 atom stereocenters. The summed E-state index contributed by atoms with van der Waals surface area (Å²) < 4.78 is 13.9. The first kappa shape index (κ1) is 12.2. The topological polar surface area (TPSA) is 0 Å². The van der Waals surface area contributed by atoms with E-state index in [1.165, 1.54) is 0 Å². The van der Waals surface area contributed by atoms with E-state index < -0.39 is 0 Å². The van der Waals surface area contributed by atoms with Crippen LogP contribution in [0.5, 0.6) is 0 Å². The number of rotatable bonds is 4. The summed E-state index contributed by atoms with van der Waals surface area (Å²) in [4.78, 5) is 0. The number of aryl methyl sites for hydroxylation is 2. The summed E-state index contributed by atoms with van der Waals surface area (Å²) in [5.41, 5.74) is 3.05. The normalized spacial score (nSPS) is 12.9. The van der Waals surface area contributed by atoms with Gasteiger partial charge in [0.25, 0.3) is 0 Å². The van der Waals surface area contributed by atoms with Gasteiger partial charge in [-0.05, 0) is 55.4 Å². The second kappa shape index (κ2) is 5.29. The van der Waals surface area contributed by atoms with Crippen LogP contribution in [0.2, 0.25) is 0 Å². The lowest BCUT2D eigenvalue weighted by Crippen LogP contribution is -2.03. The molecule has 1 aromatic carbocycles. The summed E-state index contributed by atoms with van der Waals surface area (Å²) in [6.45, 7) is 8.26. The fraction of sp³-hybridized carbons (Fsp3) is 0.571. The molecule has 0 saturated carbocycles. The quantitative estimate of drug-likeness (QED) is 0.670. The number of hydrogen-bond acceptors (Lipinski definition) is 0. The fourth-order valence-electron chi connectivity index (χ4n) is 2.34. The van der Waals surface area contributed by atoms with Crippen molar-refractivity contribution in [1.29, 1.82) is 0 Å². The van der Waals surface area contributed by atoms with Crippen molar-refractivity contribution in [3.63, 3.8) is 0 Å². The summed E-state index contributed by atoms with van der Waals surface area (Å²) in [5.74, 6) is 0.364. The van der Waals surface area contributed by atoms with E-state index in [2.05, 4.69) is 19.9 Å². The monoisotopic (exact) mass is 208 g/mol. The highest BCUT2D eigenvalue weighted by Gasteiger charge is 2.15. The largest absolute Gasteiger partial charge is 0.207 e. The van der Waals surface area contributed by atoms with Crippen LogP contribution < -0.4 is 0 Å². The highest BCUT2D eigenvalue weighted by molar-refractivity contribution is 5.34. The molecule has 0 fully saturated rings. The summed E-state index contributed by atoms with van der Waals surface area (Å²) in [6.07, 6.45) is 3.22. The molecule has 15 heavy (non-hydrogen) atoms. The van der Waals surface area contributed by atoms with Crippen molar-refractivity contribution in [2.75, 3.05) is 0 Å². The molecule has 0 amide bonds. The minimum absolute atomic E-state index is 0.0206. The first-order valence-corrected chi connectivity index (χ1v) is 5.86. The van der Waals surface area contributed by atoms with Crippen LogP contribution in [0.4, 0.5) is 4.39 Å². The number of hydrogen-bond donors (Lipinski definition) is 0. The molecule has 0 nitrogen and oxygen atoms in total. The zero-order valence-electron chi connectivity index (χ0n) is 10.2. The molecule has 0 heterocycles. The molecule has 1 rings (SSSR count). The van der Waals surface area contributed by atoms with Gasteiger partial charge >= 0.3 is 0 Å². The molecule has 0 aromatic heterocycles. The molecule has 0 aliphatic rings. The molecule has 0 aliphatic heterocycles. The molecule has 0 radical (unpaired) electrons. The van der Waals surface area contributed by atoms with Gasteiger partial charge in [0.2, 0.25) is 0 Å². The van der Waals surface area contributed by atoms with Gasteiger partial charge in [0.1, 0.15) is 5.82 Å². The third kappa shape index (κ3) is 2.80. The second-order valence-corrected chi connectivity index (χ2v) is 4.37. The second-order valence-electron chi connectivity index (χ2n) is 4.37. The molecule has 0 unspecified atom stereocenters. The minimum Gasteiger partial charge on any atom is -0.207 e. The van der Waals surface area contributed by atoms with Gasteiger partial charge in [-0.15, -0.1) is 0 Å². The van der Waals surface area contributed by atoms with E-state index in [0.29, 0.717) is 5.92 Å². The Kier molecular flexibility index (Phi) is 4.31. The highest BCUT2D eigenvalue weighted by Crippen LogP contribution is 2.30. The van der Waals surface area contributed by atoms with Crippen LogP contribution in [0.1, 0.15) is 55.7 Å². The standard InChI is InChI=1S/C14H21F/c1-5-7-12(6-2)14-11(4)8-10(3)9-13(14)15/h8-9,12H,5-7H2,1-4H3/t12-/m1/s1. The lowest BCUT2D eigenvalue weighted by molar-refractivity contribution is 0.535. The van der Waals surface area contributed by atoms with Crippen LogP contribution in [0.15, 0.2) is 12.1 Å². The average Bonchev–Trinajstić information content (AvgIpc) is 2.14. The predicted molar refractivity (Wildman–Crippen MR) is 63.8 cm³/mol. The van der Waals surface area contributed by atoms with Gasteiger partial charge in [-0.3, -0.25) is 0 Å². The predicted octanol–water partition coefficient (Wildman–Crippen LogP) is 4.74. The van der Waals surface area contributed by atoms with Crippen molar-refractivity contribution in [3.8, 4) is 0 Å². The highest BCUT2D eigenvalue weighted by atomic mass is 19.1. The molecule has 0 bridgehead atoms. The van der Waals surface area contributed by atoms with Crippen LogP contribution >= 0.6 is 0 Å². The lowest BCUT2D eigenvalue weighted by atomic mass is 9.88. The van der Waals surface area contributed by atoms with Gasteiger partial charge in [-0.25, -0.2) is 4.39 Å². The Balaban J connectivity index is 3.11. The van der Waals surface area contributed by atoms with E-state index in [4.69, 9.17) is 0 Å². The van der Waals surface area contributed by atoms with Crippen LogP contribution in [0, 0.1) is 19.7 Å². The zero-order valence-corrected chi connectivity index (χ0v) is 10.2. The van der Waals surface area contributed by atoms with Crippen LogP contribution in [-0.4, -0.2) is 0 Å². The van der Waals surface area contributed by atoms with Crippen molar-refractivity contribution < 1.29 is 4.39 Å². The smallest absolute Gasteiger partial charge is 0.127 e. The maximum Gasteiger partial charge on any atom is 0.127 e. The van der Waals surface area contributed by atoms with Gasteiger partial charge in [-0.1, -0.05) is 26.3 Å². The van der Waals surface area contributed by atoms with E-state index in [1.807, 2.05) is 13.8 Å². The number of benzene rings is 1. The molecule has 84 valence electrons. The van der Waals surface area contributed by atoms with Crippen LogP contribution in [0.3, 0.4) is 0 Å². The first-order chi connectivity index (χ1) is 7.10. The summed E-state index contributed by atoms with van der Waals surface area (Å²) in [6, 6.07) is 3.73. The fourth-order valence-corrected chi connectivity index (χ4v) is 2.34. The van der Waals surface area contributed by atoms with E-state index >= 15 is 0 Å². The Morgan fingerprint density at radius 1 is 1.20 bits per heavy atom. The molecule has 1 aromatic rings. The van der Waals surface area contributed by atoms with Gasteiger partial charge in [-0.2, -0.15) is 0 Å². The van der Waals surface area contributed by atoms with E-state index in [9.17, 15) is 4.39 Å². The first-order valence-electron chi connectivity index (χ1n) is 5.86. The van der Waals surface area contributed by atoms with E-state index in [0.717, 1.165) is 36.0 Å². The van der Waals surface area contributed by atoms with Crippen molar-refractivity contribution in [3.05, 3.63) is 34.6 Å². The Morgan fingerprint density at radius 2 is 1.87 bits per heavy atom. The van der Waals surface area contributed by atoms with Gasteiger partial charge in [0, 0.05) is 0 Å². The van der Waals surface area contributed by atoms with Crippen LogP contribution in [-0.2, 0) is 0 Å². The van der Waals surface area contributed by atoms with Gasteiger partial charge in [0.05, 0.1) is 0 Å². The van der Waals surface area contributed by atoms with Gasteiger partial charge < -0.3 is 0 Å². The van der Waals surface area contributed by atoms with Crippen molar-refractivity contribution in [2.45, 2.75) is 52.9 Å². The van der Waals surface area contributed by atoms with E-state index in [-0.39, 0.29) is 5.82 Å². The molecule has 0 N–H and O–H groups in total. The summed E-state index contributed by atoms with van der Waals surface area (Å²) in [7, 11) is 0. The third-order valence-electron chi connectivity index (χ3n) is 3.02. The third-order valence-corrected chi connectivity index (χ3v) is 3.02. The summed E-state index contributed by atoms with van der Waals surface area (Å²) >= 11 is 0.